The molecule has 0 amide bonds. The van der Waals surface area contributed by atoms with Gasteiger partial charge < -0.3 is 9.12 Å². The van der Waals surface area contributed by atoms with Crippen LogP contribution in [0.2, 0.25) is 0 Å². The molecule has 1 aliphatic rings. The smallest absolute Gasteiger partial charge is 0.159 e. The lowest BCUT2D eigenvalue weighted by Crippen LogP contribution is -2.30. The molecule has 1 aromatic heterocycles. The van der Waals surface area contributed by atoms with Gasteiger partial charge >= 0.3 is 0 Å². The summed E-state index contributed by atoms with van der Waals surface area (Å²) in [6, 6.07) is 10.1. The zero-order valence-electron chi connectivity index (χ0n) is 17.7. The Morgan fingerprint density at radius 3 is 2.43 bits per heavy atom. The van der Waals surface area contributed by atoms with Crippen molar-refractivity contribution >= 4 is 22.3 Å². The highest BCUT2D eigenvalue weighted by Gasteiger charge is 2.34. The Morgan fingerprint density at radius 1 is 1.07 bits per heavy atom. The molecule has 30 heavy (non-hydrogen) atoms. The maximum absolute atomic E-state index is 13.7. The molecule has 4 rings (SSSR count). The second-order valence-corrected chi connectivity index (χ2v) is 10.9. The molecule has 1 saturated carbocycles. The molecule has 1 aliphatic carbocycles. The van der Waals surface area contributed by atoms with E-state index >= 15 is 0 Å². The Balaban J connectivity index is 1.65. The number of nitrogens with zero attached hydrogens (tertiary/aromatic N) is 1. The predicted molar refractivity (Wildman–Crippen MR) is 120 cm³/mol. The van der Waals surface area contributed by atoms with Gasteiger partial charge in [-0.25, -0.2) is 8.78 Å². The van der Waals surface area contributed by atoms with Crippen LogP contribution in [0, 0.1) is 17.0 Å². The number of hydrogen-bond acceptors (Lipinski definition) is 2. The number of rotatable bonds is 7. The lowest BCUT2D eigenvalue weighted by Gasteiger charge is -2.17. The van der Waals surface area contributed by atoms with Gasteiger partial charge in [-0.05, 0) is 52.8 Å². The molecule has 0 radical (unpaired) electrons. The van der Waals surface area contributed by atoms with Crippen LogP contribution < -0.4 is 4.72 Å². The van der Waals surface area contributed by atoms with E-state index < -0.39 is 23.0 Å². The molecule has 1 unspecified atom stereocenters. The largest absolute Gasteiger partial charge is 0.598 e. The van der Waals surface area contributed by atoms with Crippen molar-refractivity contribution in [3.05, 3.63) is 59.8 Å². The van der Waals surface area contributed by atoms with Crippen LogP contribution in [0.15, 0.2) is 42.6 Å². The number of halogens is 2. The maximum Gasteiger partial charge on any atom is 0.159 e. The maximum atomic E-state index is 13.7. The fourth-order valence-corrected chi connectivity index (χ4v) is 4.88. The topological polar surface area (TPSA) is 40.0 Å². The van der Waals surface area contributed by atoms with Crippen molar-refractivity contribution in [2.45, 2.75) is 51.8 Å². The molecule has 1 heterocycles. The fraction of sp³-hybridized carbons (Fsp3) is 0.417. The van der Waals surface area contributed by atoms with Crippen molar-refractivity contribution < 1.29 is 13.3 Å². The van der Waals surface area contributed by atoms with Crippen molar-refractivity contribution in [3.8, 4) is 11.1 Å². The second kappa shape index (κ2) is 8.33. The van der Waals surface area contributed by atoms with E-state index in [0.29, 0.717) is 17.4 Å². The summed E-state index contributed by atoms with van der Waals surface area (Å²) >= 11 is -0.939. The van der Waals surface area contributed by atoms with Crippen LogP contribution in [0.4, 0.5) is 8.78 Å². The number of hydrogen-bond donors (Lipinski definition) is 1. The van der Waals surface area contributed by atoms with E-state index in [0.717, 1.165) is 42.3 Å². The van der Waals surface area contributed by atoms with Crippen LogP contribution in [-0.4, -0.2) is 20.9 Å². The first-order valence-electron chi connectivity index (χ1n) is 10.4. The minimum absolute atomic E-state index is 0.114. The van der Waals surface area contributed by atoms with Crippen molar-refractivity contribution in [3.63, 3.8) is 0 Å². The summed E-state index contributed by atoms with van der Waals surface area (Å²) in [6.45, 7) is 7.98. The van der Waals surface area contributed by atoms with Gasteiger partial charge in [0.15, 0.2) is 11.6 Å². The van der Waals surface area contributed by atoms with Gasteiger partial charge in [-0.2, -0.15) is 0 Å². The Kier molecular flexibility index (Phi) is 5.93. The SMILES string of the molecule is CC(C)(C)Cc1cn(CCN[S+]([O-])C2CC2)c2ccc(-c3ccc(F)c(F)c3)cc12. The van der Waals surface area contributed by atoms with Crippen LogP contribution in [-0.2, 0) is 24.3 Å². The van der Waals surface area contributed by atoms with E-state index in [9.17, 15) is 13.3 Å². The Hall–Kier alpha value is -1.89. The van der Waals surface area contributed by atoms with E-state index in [2.05, 4.69) is 42.3 Å². The molecule has 3 nitrogen and oxygen atoms in total. The second-order valence-electron chi connectivity index (χ2n) is 9.34. The molecular weight excluding hydrogens is 402 g/mol. The highest BCUT2D eigenvalue weighted by Crippen LogP contribution is 2.32. The first kappa shape index (κ1) is 21.3. The number of fused-ring (bicyclic) bond motifs is 1. The van der Waals surface area contributed by atoms with Crippen molar-refractivity contribution in [2.75, 3.05) is 6.54 Å². The summed E-state index contributed by atoms with van der Waals surface area (Å²) in [5, 5.41) is 1.44. The monoisotopic (exact) mass is 430 g/mol. The third-order valence-electron chi connectivity index (χ3n) is 5.36. The fourth-order valence-electron chi connectivity index (χ4n) is 3.79. The van der Waals surface area contributed by atoms with E-state index in [4.69, 9.17) is 0 Å². The first-order valence-corrected chi connectivity index (χ1v) is 11.6. The Labute approximate surface area is 179 Å². The molecule has 3 aromatic rings. The molecule has 2 aromatic carbocycles. The highest BCUT2D eigenvalue weighted by atomic mass is 32.2. The van der Waals surface area contributed by atoms with E-state index in [1.165, 1.54) is 17.7 Å². The van der Waals surface area contributed by atoms with Crippen LogP contribution in [0.1, 0.15) is 39.2 Å². The van der Waals surface area contributed by atoms with E-state index in [-0.39, 0.29) is 5.41 Å². The average Bonchev–Trinajstić information content (AvgIpc) is 3.48. The Bertz CT molecular complexity index is 1050. The van der Waals surface area contributed by atoms with Gasteiger partial charge in [0.05, 0.1) is 6.54 Å². The molecule has 0 spiro atoms. The number of benzene rings is 2. The molecule has 1 fully saturated rings. The molecule has 1 N–H and O–H groups in total. The number of nitrogens with one attached hydrogen (secondary N) is 1. The van der Waals surface area contributed by atoms with Gasteiger partial charge in [0.2, 0.25) is 0 Å². The van der Waals surface area contributed by atoms with Gasteiger partial charge in [-0.15, -0.1) is 4.72 Å². The van der Waals surface area contributed by atoms with Gasteiger partial charge in [0.1, 0.15) is 5.25 Å². The van der Waals surface area contributed by atoms with Gasteiger partial charge in [0.25, 0.3) is 0 Å². The van der Waals surface area contributed by atoms with Crippen molar-refractivity contribution in [2.24, 2.45) is 5.41 Å². The summed E-state index contributed by atoms with van der Waals surface area (Å²) in [5.41, 5.74) is 3.96. The molecule has 160 valence electrons. The predicted octanol–water partition coefficient (Wildman–Crippen LogP) is 5.59. The minimum Gasteiger partial charge on any atom is -0.598 e. The van der Waals surface area contributed by atoms with Crippen molar-refractivity contribution in [1.29, 1.82) is 0 Å². The van der Waals surface area contributed by atoms with Crippen molar-refractivity contribution in [1.82, 2.24) is 9.29 Å². The van der Waals surface area contributed by atoms with Gasteiger partial charge in [0, 0.05) is 47.8 Å². The molecule has 0 bridgehead atoms. The average molecular weight is 431 g/mol. The molecule has 6 heteroatoms. The Morgan fingerprint density at radius 2 is 1.77 bits per heavy atom. The van der Waals surface area contributed by atoms with Gasteiger partial charge in [-0.1, -0.05) is 32.9 Å². The van der Waals surface area contributed by atoms with Crippen LogP contribution >= 0.6 is 0 Å². The van der Waals surface area contributed by atoms with Crippen LogP contribution in [0.25, 0.3) is 22.0 Å². The first-order chi connectivity index (χ1) is 14.2. The summed E-state index contributed by atoms with van der Waals surface area (Å²) in [4.78, 5) is 0. The normalized spacial score (nSPS) is 15.7. The third kappa shape index (κ3) is 4.88. The van der Waals surface area contributed by atoms with E-state index in [1.807, 2.05) is 12.1 Å². The highest BCUT2D eigenvalue weighted by molar-refractivity contribution is 7.90. The molecular formula is C24H28F2N2OS. The number of aromatic nitrogens is 1. The zero-order chi connectivity index (χ0) is 21.5. The lowest BCUT2D eigenvalue weighted by atomic mass is 9.88. The molecule has 0 saturated heterocycles. The summed E-state index contributed by atoms with van der Waals surface area (Å²) in [6.07, 6.45) is 5.18. The molecule has 1 atom stereocenters. The minimum atomic E-state index is -0.939. The van der Waals surface area contributed by atoms with Crippen LogP contribution in [0.5, 0.6) is 0 Å². The summed E-state index contributed by atoms with van der Waals surface area (Å²) in [7, 11) is 0. The molecule has 0 aliphatic heterocycles. The van der Waals surface area contributed by atoms with Crippen LogP contribution in [0.3, 0.4) is 0 Å². The third-order valence-corrected chi connectivity index (χ3v) is 6.93. The summed E-state index contributed by atoms with van der Waals surface area (Å²) in [5.74, 6) is -1.68. The lowest BCUT2D eigenvalue weighted by molar-refractivity contribution is 0.412. The summed E-state index contributed by atoms with van der Waals surface area (Å²) < 4.78 is 44.5. The van der Waals surface area contributed by atoms with E-state index in [1.54, 1.807) is 6.07 Å². The standard InChI is InChI=1S/C24H28F2N2OS/c1-24(2,3)14-18-15-28(11-10-27-30(29)19-6-7-19)23-9-5-16(12-20(18)23)17-4-8-21(25)22(26)13-17/h4-5,8-9,12-13,15,19,27H,6-7,10-11,14H2,1-3H3. The zero-order valence-corrected chi connectivity index (χ0v) is 18.5. The quantitative estimate of drug-likeness (QED) is 0.496. The van der Waals surface area contributed by atoms with Gasteiger partial charge in [-0.3, -0.25) is 0 Å².